The summed E-state index contributed by atoms with van der Waals surface area (Å²) in [7, 11) is 0. The Morgan fingerprint density at radius 3 is 2.81 bits per heavy atom. The standard InChI is InChI=1S/C19H28F2N4O.HI/c1-3-23-19(25-8-4-5-14(12-25)9-18(22)26)24-11-13(2)16-7-6-15(20)10-17(16)21;/h6-7,10,13-14H,3-5,8-9,11-12H2,1-2H3,(H2,22,26)(H,23,24);1H. The highest BCUT2D eigenvalue weighted by Gasteiger charge is 2.23. The molecule has 27 heavy (non-hydrogen) atoms. The minimum atomic E-state index is -0.580. The second kappa shape index (κ2) is 11.4. The summed E-state index contributed by atoms with van der Waals surface area (Å²) >= 11 is 0. The topological polar surface area (TPSA) is 70.7 Å². The predicted molar refractivity (Wildman–Crippen MR) is 114 cm³/mol. The number of nitrogens with zero attached hydrogens (tertiary/aromatic N) is 2. The van der Waals surface area contributed by atoms with E-state index in [4.69, 9.17) is 5.73 Å². The summed E-state index contributed by atoms with van der Waals surface area (Å²) in [4.78, 5) is 18.0. The number of carbonyl (C=O) groups excluding carboxylic acids is 1. The number of amides is 1. The average molecular weight is 494 g/mol. The maximum absolute atomic E-state index is 13.9. The molecule has 0 bridgehead atoms. The Balaban J connectivity index is 0.00000364. The van der Waals surface area contributed by atoms with Crippen LogP contribution >= 0.6 is 24.0 Å². The molecular weight excluding hydrogens is 465 g/mol. The highest BCUT2D eigenvalue weighted by molar-refractivity contribution is 14.0. The number of halogens is 3. The Morgan fingerprint density at radius 2 is 2.19 bits per heavy atom. The number of rotatable bonds is 6. The van der Waals surface area contributed by atoms with Crippen molar-refractivity contribution < 1.29 is 13.6 Å². The number of nitrogens with two attached hydrogens (primary N) is 1. The van der Waals surface area contributed by atoms with Gasteiger partial charge in [0.15, 0.2) is 5.96 Å². The van der Waals surface area contributed by atoms with Crippen LogP contribution in [-0.2, 0) is 4.79 Å². The number of piperidine rings is 1. The number of hydrogen-bond acceptors (Lipinski definition) is 2. The van der Waals surface area contributed by atoms with Crippen LogP contribution in [-0.4, -0.2) is 42.9 Å². The third-order valence-corrected chi connectivity index (χ3v) is 4.65. The Labute approximate surface area is 176 Å². The summed E-state index contributed by atoms with van der Waals surface area (Å²) in [5.41, 5.74) is 5.78. The molecule has 1 aromatic carbocycles. The normalized spacial score (nSPS) is 18.6. The fraction of sp³-hybridized carbons (Fsp3) is 0.579. The second-order valence-electron chi connectivity index (χ2n) is 6.89. The van der Waals surface area contributed by atoms with Crippen molar-refractivity contribution in [3.63, 3.8) is 0 Å². The molecule has 1 saturated heterocycles. The largest absolute Gasteiger partial charge is 0.370 e. The third kappa shape index (κ3) is 7.23. The number of hydrogen-bond donors (Lipinski definition) is 2. The van der Waals surface area contributed by atoms with Crippen LogP contribution in [0.2, 0.25) is 0 Å². The van der Waals surface area contributed by atoms with Crippen LogP contribution in [0, 0.1) is 17.6 Å². The molecule has 2 atom stereocenters. The lowest BCUT2D eigenvalue weighted by atomic mass is 9.95. The zero-order valence-electron chi connectivity index (χ0n) is 15.9. The fourth-order valence-corrected chi connectivity index (χ4v) is 3.36. The molecule has 8 heteroatoms. The first-order chi connectivity index (χ1) is 12.4. The van der Waals surface area contributed by atoms with Gasteiger partial charge in [-0.1, -0.05) is 13.0 Å². The lowest BCUT2D eigenvalue weighted by Crippen LogP contribution is -2.47. The third-order valence-electron chi connectivity index (χ3n) is 4.65. The van der Waals surface area contributed by atoms with Crippen molar-refractivity contribution in [1.82, 2.24) is 10.2 Å². The molecule has 5 nitrogen and oxygen atoms in total. The Hall–Kier alpha value is -1.45. The molecular formula is C19H29F2IN4O. The number of likely N-dealkylation sites (tertiary alicyclic amines) is 1. The van der Waals surface area contributed by atoms with E-state index in [0.29, 0.717) is 18.5 Å². The molecule has 2 unspecified atom stereocenters. The van der Waals surface area contributed by atoms with E-state index < -0.39 is 11.6 Å². The summed E-state index contributed by atoms with van der Waals surface area (Å²) in [6.45, 7) is 6.56. The molecule has 152 valence electrons. The van der Waals surface area contributed by atoms with Gasteiger partial charge in [0.2, 0.25) is 5.91 Å². The van der Waals surface area contributed by atoms with Gasteiger partial charge >= 0.3 is 0 Å². The number of aliphatic imine (C=N–C) groups is 1. The molecule has 1 fully saturated rings. The minimum absolute atomic E-state index is 0. The molecule has 0 radical (unpaired) electrons. The lowest BCUT2D eigenvalue weighted by Gasteiger charge is -2.34. The van der Waals surface area contributed by atoms with Crippen LogP contribution in [0.5, 0.6) is 0 Å². The summed E-state index contributed by atoms with van der Waals surface area (Å²) in [5, 5.41) is 3.26. The summed E-state index contributed by atoms with van der Waals surface area (Å²) in [5.74, 6) is -0.580. The molecule has 0 saturated carbocycles. The quantitative estimate of drug-likeness (QED) is 0.363. The van der Waals surface area contributed by atoms with Gasteiger partial charge in [-0.3, -0.25) is 9.79 Å². The number of benzene rings is 1. The van der Waals surface area contributed by atoms with Gasteiger partial charge in [-0.25, -0.2) is 8.78 Å². The summed E-state index contributed by atoms with van der Waals surface area (Å²) in [6, 6.07) is 3.64. The average Bonchev–Trinajstić information content (AvgIpc) is 2.58. The van der Waals surface area contributed by atoms with Crippen molar-refractivity contribution in [1.29, 1.82) is 0 Å². The van der Waals surface area contributed by atoms with Gasteiger partial charge in [0, 0.05) is 44.6 Å². The van der Waals surface area contributed by atoms with Gasteiger partial charge in [0.05, 0.1) is 0 Å². The number of primary amides is 1. The predicted octanol–water partition coefficient (Wildman–Crippen LogP) is 3.24. The summed E-state index contributed by atoms with van der Waals surface area (Å²) in [6.07, 6.45) is 2.34. The van der Waals surface area contributed by atoms with Gasteiger partial charge in [0.25, 0.3) is 0 Å². The maximum Gasteiger partial charge on any atom is 0.217 e. The molecule has 2 rings (SSSR count). The molecule has 1 heterocycles. The van der Waals surface area contributed by atoms with E-state index in [1.165, 1.54) is 12.1 Å². The van der Waals surface area contributed by atoms with E-state index in [1.807, 2.05) is 13.8 Å². The van der Waals surface area contributed by atoms with E-state index in [9.17, 15) is 13.6 Å². The van der Waals surface area contributed by atoms with Gasteiger partial charge in [-0.05, 0) is 37.3 Å². The van der Waals surface area contributed by atoms with Crippen molar-refractivity contribution >= 4 is 35.8 Å². The first kappa shape index (κ1) is 23.6. The Bertz CT molecular complexity index is 657. The van der Waals surface area contributed by atoms with Gasteiger partial charge in [-0.15, -0.1) is 24.0 Å². The van der Waals surface area contributed by atoms with Crippen molar-refractivity contribution in [2.75, 3.05) is 26.2 Å². The molecule has 1 aliphatic rings. The first-order valence-corrected chi connectivity index (χ1v) is 9.17. The highest BCUT2D eigenvalue weighted by Crippen LogP contribution is 2.22. The van der Waals surface area contributed by atoms with Gasteiger partial charge in [0.1, 0.15) is 11.6 Å². The van der Waals surface area contributed by atoms with Crippen LogP contribution in [0.4, 0.5) is 8.78 Å². The van der Waals surface area contributed by atoms with Crippen LogP contribution in [0.25, 0.3) is 0 Å². The van der Waals surface area contributed by atoms with Crippen molar-refractivity contribution in [2.24, 2.45) is 16.6 Å². The van der Waals surface area contributed by atoms with Crippen molar-refractivity contribution in [2.45, 2.75) is 39.0 Å². The Morgan fingerprint density at radius 1 is 1.44 bits per heavy atom. The monoisotopic (exact) mass is 494 g/mol. The number of carbonyl (C=O) groups is 1. The summed E-state index contributed by atoms with van der Waals surface area (Å²) < 4.78 is 27.0. The smallest absolute Gasteiger partial charge is 0.217 e. The van der Waals surface area contributed by atoms with Crippen LogP contribution in [0.3, 0.4) is 0 Å². The first-order valence-electron chi connectivity index (χ1n) is 9.17. The van der Waals surface area contributed by atoms with Crippen molar-refractivity contribution in [3.05, 3.63) is 35.4 Å². The molecule has 1 amide bonds. The van der Waals surface area contributed by atoms with Gasteiger partial charge < -0.3 is 16.0 Å². The van der Waals surface area contributed by atoms with E-state index in [-0.39, 0.29) is 41.7 Å². The second-order valence-corrected chi connectivity index (χ2v) is 6.89. The molecule has 3 N–H and O–H groups in total. The Kier molecular flexibility index (Phi) is 9.97. The molecule has 0 aromatic heterocycles. The SMILES string of the molecule is CCNC(=NCC(C)c1ccc(F)cc1F)N1CCCC(CC(N)=O)C1.I. The van der Waals surface area contributed by atoms with Crippen LogP contribution in [0.1, 0.15) is 44.6 Å². The molecule has 0 spiro atoms. The van der Waals surface area contributed by atoms with E-state index in [2.05, 4.69) is 15.2 Å². The molecule has 0 aliphatic carbocycles. The zero-order valence-corrected chi connectivity index (χ0v) is 18.2. The maximum atomic E-state index is 13.9. The number of guanidine groups is 1. The molecule has 1 aliphatic heterocycles. The fourth-order valence-electron chi connectivity index (χ4n) is 3.36. The van der Waals surface area contributed by atoms with Gasteiger partial charge in [-0.2, -0.15) is 0 Å². The number of nitrogens with one attached hydrogen (secondary N) is 1. The van der Waals surface area contributed by atoms with Crippen LogP contribution < -0.4 is 11.1 Å². The zero-order chi connectivity index (χ0) is 19.1. The molecule has 1 aromatic rings. The van der Waals surface area contributed by atoms with E-state index in [1.54, 1.807) is 0 Å². The van der Waals surface area contributed by atoms with Crippen LogP contribution in [0.15, 0.2) is 23.2 Å². The van der Waals surface area contributed by atoms with E-state index in [0.717, 1.165) is 44.5 Å². The van der Waals surface area contributed by atoms with E-state index >= 15 is 0 Å². The highest BCUT2D eigenvalue weighted by atomic mass is 127. The lowest BCUT2D eigenvalue weighted by molar-refractivity contribution is -0.119. The minimum Gasteiger partial charge on any atom is -0.370 e. The van der Waals surface area contributed by atoms with Crippen molar-refractivity contribution in [3.8, 4) is 0 Å².